The molecule has 0 aromatic heterocycles. The SMILES string of the molecule is CC(C)C(N)C(=O)OCN1C(=O)CN(CC(C)N(CC=O)CC(=O)N(C)COC=O)CC1=O. The Bertz CT molecular complexity index is 713. The normalized spacial score (nSPS) is 16.5. The first kappa shape index (κ1) is 28.1. The summed E-state index contributed by atoms with van der Waals surface area (Å²) in [6.45, 7) is 4.65. The van der Waals surface area contributed by atoms with Crippen LogP contribution in [0, 0.1) is 5.92 Å². The summed E-state index contributed by atoms with van der Waals surface area (Å²) >= 11 is 0. The fourth-order valence-electron chi connectivity index (χ4n) is 3.01. The van der Waals surface area contributed by atoms with Crippen molar-refractivity contribution >= 4 is 36.4 Å². The van der Waals surface area contributed by atoms with Gasteiger partial charge in [-0.15, -0.1) is 0 Å². The van der Waals surface area contributed by atoms with Crippen molar-refractivity contribution in [2.24, 2.45) is 11.7 Å². The molecule has 0 saturated carbocycles. The smallest absolute Gasteiger partial charge is 0.324 e. The lowest BCUT2D eigenvalue weighted by atomic mass is 10.1. The highest BCUT2D eigenvalue weighted by Crippen LogP contribution is 2.10. The predicted octanol–water partition coefficient (Wildman–Crippen LogP) is -2.38. The molecule has 0 radical (unpaired) electrons. The zero-order chi connectivity index (χ0) is 25.1. The number of nitrogens with two attached hydrogens (primary N) is 1. The maximum atomic E-state index is 12.4. The van der Waals surface area contributed by atoms with Gasteiger partial charge in [0.15, 0.2) is 13.5 Å². The third-order valence-electron chi connectivity index (χ3n) is 5.20. The Balaban J connectivity index is 2.65. The molecule has 1 fully saturated rings. The molecule has 0 bridgehead atoms. The van der Waals surface area contributed by atoms with Gasteiger partial charge in [-0.05, 0) is 12.8 Å². The lowest BCUT2D eigenvalue weighted by Crippen LogP contribution is -2.57. The third kappa shape index (κ3) is 8.86. The summed E-state index contributed by atoms with van der Waals surface area (Å²) in [6.07, 6.45) is 0.649. The van der Waals surface area contributed by atoms with Crippen molar-refractivity contribution < 1.29 is 38.2 Å². The molecule has 0 spiro atoms. The van der Waals surface area contributed by atoms with E-state index in [0.717, 1.165) is 4.90 Å². The molecule has 1 aliphatic heterocycles. The van der Waals surface area contributed by atoms with E-state index in [1.165, 1.54) is 11.9 Å². The lowest BCUT2D eigenvalue weighted by Gasteiger charge is -2.36. The Kier molecular flexibility index (Phi) is 11.6. The van der Waals surface area contributed by atoms with Gasteiger partial charge in [0, 0.05) is 19.6 Å². The summed E-state index contributed by atoms with van der Waals surface area (Å²) in [4.78, 5) is 75.7. The lowest BCUT2D eigenvalue weighted by molar-refractivity contribution is -0.165. The molecule has 1 heterocycles. The van der Waals surface area contributed by atoms with Crippen LogP contribution in [0.1, 0.15) is 20.8 Å². The number of hydrogen-bond acceptors (Lipinski definition) is 11. The molecule has 1 rings (SSSR count). The van der Waals surface area contributed by atoms with Crippen molar-refractivity contribution in [1.82, 2.24) is 19.6 Å². The first-order valence-electron chi connectivity index (χ1n) is 10.5. The first-order valence-corrected chi connectivity index (χ1v) is 10.5. The molecule has 2 atom stereocenters. The molecule has 2 N–H and O–H groups in total. The average molecular weight is 472 g/mol. The molecule has 1 aliphatic rings. The van der Waals surface area contributed by atoms with Gasteiger partial charge in [0.25, 0.3) is 6.47 Å². The standard InChI is InChI=1S/C20H33N5O8/c1-14(2)19(21)20(31)33-12-25-17(29)8-23(9-18(25)30)7-15(3)24(5-6-26)10-16(28)22(4)11-32-13-27/h6,13-15,19H,5,7-12,21H2,1-4H3. The van der Waals surface area contributed by atoms with Crippen LogP contribution in [0.15, 0.2) is 0 Å². The van der Waals surface area contributed by atoms with Crippen LogP contribution in [0.5, 0.6) is 0 Å². The topological polar surface area (TPSA) is 160 Å². The van der Waals surface area contributed by atoms with Gasteiger partial charge < -0.3 is 24.9 Å². The average Bonchev–Trinajstić information content (AvgIpc) is 2.75. The van der Waals surface area contributed by atoms with Crippen LogP contribution in [0.3, 0.4) is 0 Å². The zero-order valence-electron chi connectivity index (χ0n) is 19.5. The van der Waals surface area contributed by atoms with Gasteiger partial charge in [0.05, 0.1) is 26.2 Å². The number of rotatable bonds is 14. The van der Waals surface area contributed by atoms with Crippen molar-refractivity contribution in [1.29, 1.82) is 0 Å². The largest absolute Gasteiger partial charge is 0.446 e. The van der Waals surface area contributed by atoms with Crippen LogP contribution in [0.4, 0.5) is 0 Å². The molecule has 0 aromatic carbocycles. The van der Waals surface area contributed by atoms with Crippen LogP contribution < -0.4 is 5.73 Å². The molecule has 1 saturated heterocycles. The van der Waals surface area contributed by atoms with E-state index in [9.17, 15) is 28.8 Å². The number of hydrogen-bond donors (Lipinski definition) is 1. The summed E-state index contributed by atoms with van der Waals surface area (Å²) in [5.74, 6) is -2.29. The van der Waals surface area contributed by atoms with Gasteiger partial charge in [0.2, 0.25) is 17.7 Å². The summed E-state index contributed by atoms with van der Waals surface area (Å²) in [5.41, 5.74) is 5.70. The molecular formula is C20H33N5O8. The minimum absolute atomic E-state index is 0.0385. The van der Waals surface area contributed by atoms with Crippen LogP contribution in [0.25, 0.3) is 0 Å². The predicted molar refractivity (Wildman–Crippen MR) is 114 cm³/mol. The highest BCUT2D eigenvalue weighted by molar-refractivity contribution is 5.99. The Morgan fingerprint density at radius 2 is 1.76 bits per heavy atom. The minimum Gasteiger partial charge on any atom is -0.446 e. The van der Waals surface area contributed by atoms with Gasteiger partial charge >= 0.3 is 5.97 Å². The van der Waals surface area contributed by atoms with Crippen molar-refractivity contribution in [3.8, 4) is 0 Å². The number of esters is 1. The van der Waals surface area contributed by atoms with E-state index in [0.29, 0.717) is 6.29 Å². The van der Waals surface area contributed by atoms with E-state index < -0.39 is 30.6 Å². The number of carbonyl (C=O) groups is 6. The fraction of sp³-hybridized carbons (Fsp3) is 0.700. The van der Waals surface area contributed by atoms with E-state index in [-0.39, 0.29) is 63.8 Å². The molecule has 0 aliphatic carbocycles. The Labute approximate surface area is 192 Å². The van der Waals surface area contributed by atoms with E-state index >= 15 is 0 Å². The number of likely N-dealkylation sites (N-methyl/N-ethyl adjacent to an activating group) is 1. The van der Waals surface area contributed by atoms with Crippen LogP contribution in [0.2, 0.25) is 0 Å². The number of piperazine rings is 1. The highest BCUT2D eigenvalue weighted by Gasteiger charge is 2.34. The molecule has 13 heteroatoms. The Morgan fingerprint density at radius 3 is 2.27 bits per heavy atom. The third-order valence-corrected chi connectivity index (χ3v) is 5.20. The van der Waals surface area contributed by atoms with Crippen LogP contribution in [-0.2, 0) is 38.2 Å². The van der Waals surface area contributed by atoms with Crippen molar-refractivity contribution in [3.05, 3.63) is 0 Å². The zero-order valence-corrected chi connectivity index (χ0v) is 19.5. The maximum absolute atomic E-state index is 12.4. The fourth-order valence-corrected chi connectivity index (χ4v) is 3.01. The quantitative estimate of drug-likeness (QED) is 0.125. The Hall–Kier alpha value is -2.90. The summed E-state index contributed by atoms with van der Waals surface area (Å²) < 4.78 is 9.55. The number of ether oxygens (including phenoxy) is 2. The first-order chi connectivity index (χ1) is 15.5. The second-order valence-electron chi connectivity index (χ2n) is 8.18. The van der Waals surface area contributed by atoms with E-state index in [1.54, 1.807) is 30.6 Å². The number of carbonyl (C=O) groups excluding carboxylic acids is 6. The molecule has 186 valence electrons. The maximum Gasteiger partial charge on any atom is 0.324 e. The number of aldehydes is 1. The molecule has 33 heavy (non-hydrogen) atoms. The summed E-state index contributed by atoms with van der Waals surface area (Å²) in [6, 6.07) is -1.21. The van der Waals surface area contributed by atoms with Gasteiger partial charge in [-0.1, -0.05) is 13.8 Å². The van der Waals surface area contributed by atoms with Gasteiger partial charge in [-0.3, -0.25) is 33.8 Å². The molecule has 2 unspecified atom stereocenters. The van der Waals surface area contributed by atoms with Crippen molar-refractivity contribution in [2.75, 3.05) is 53.2 Å². The van der Waals surface area contributed by atoms with Gasteiger partial charge in [0.1, 0.15) is 12.3 Å². The number of amides is 3. The second kappa shape index (κ2) is 13.6. The highest BCUT2D eigenvalue weighted by atomic mass is 16.5. The van der Waals surface area contributed by atoms with Gasteiger partial charge in [-0.2, -0.15) is 0 Å². The van der Waals surface area contributed by atoms with Gasteiger partial charge in [-0.25, -0.2) is 4.90 Å². The summed E-state index contributed by atoms with van der Waals surface area (Å²) in [5, 5.41) is 0. The molecule has 13 nitrogen and oxygen atoms in total. The number of nitrogens with zero attached hydrogens (tertiary/aromatic N) is 4. The molecular weight excluding hydrogens is 438 g/mol. The van der Waals surface area contributed by atoms with Crippen LogP contribution >= 0.6 is 0 Å². The van der Waals surface area contributed by atoms with Crippen molar-refractivity contribution in [2.45, 2.75) is 32.9 Å². The molecule has 0 aromatic rings. The van der Waals surface area contributed by atoms with E-state index in [4.69, 9.17) is 10.5 Å². The van der Waals surface area contributed by atoms with Crippen LogP contribution in [-0.4, -0.2) is 121 Å². The molecule has 3 amide bonds. The van der Waals surface area contributed by atoms with E-state index in [2.05, 4.69) is 4.74 Å². The second-order valence-corrected chi connectivity index (χ2v) is 8.18. The summed E-state index contributed by atoms with van der Waals surface area (Å²) in [7, 11) is 1.45. The minimum atomic E-state index is -0.854. The monoisotopic (exact) mass is 471 g/mol. The van der Waals surface area contributed by atoms with E-state index in [1.807, 2.05) is 0 Å². The number of imide groups is 1. The van der Waals surface area contributed by atoms with Crippen molar-refractivity contribution in [3.63, 3.8) is 0 Å². The Morgan fingerprint density at radius 1 is 1.15 bits per heavy atom.